The number of primary amides is 1. The lowest BCUT2D eigenvalue weighted by Crippen LogP contribution is -2.23. The molecule has 0 aliphatic rings. The molecule has 0 aliphatic heterocycles. The number of hydrogen-bond donors (Lipinski definition) is 1. The van der Waals surface area contributed by atoms with Gasteiger partial charge in [-0.3, -0.25) is 9.36 Å². The maximum absolute atomic E-state index is 12.3. The number of aromatic nitrogens is 1. The molecular weight excluding hydrogens is 228 g/mol. The molecule has 3 aromatic rings. The second kappa shape index (κ2) is 3.70. The monoisotopic (exact) mass is 238 g/mol. The van der Waals surface area contributed by atoms with Gasteiger partial charge in [-0.05, 0) is 24.3 Å². The minimum atomic E-state index is -0.595. The molecule has 0 aliphatic carbocycles. The molecule has 0 saturated heterocycles. The second-order valence-electron chi connectivity index (χ2n) is 4.04. The van der Waals surface area contributed by atoms with Gasteiger partial charge >= 0.3 is 6.03 Å². The molecule has 1 heterocycles. The van der Waals surface area contributed by atoms with E-state index in [4.69, 9.17) is 5.73 Å². The van der Waals surface area contributed by atoms with Crippen LogP contribution in [0.1, 0.15) is 0 Å². The summed E-state index contributed by atoms with van der Waals surface area (Å²) >= 11 is 0. The molecule has 0 spiro atoms. The van der Waals surface area contributed by atoms with Crippen molar-refractivity contribution in [3.8, 4) is 0 Å². The van der Waals surface area contributed by atoms with Crippen molar-refractivity contribution >= 4 is 27.8 Å². The van der Waals surface area contributed by atoms with Crippen LogP contribution in [0.2, 0.25) is 0 Å². The van der Waals surface area contributed by atoms with E-state index in [1.165, 1.54) is 4.57 Å². The fourth-order valence-electron chi connectivity index (χ4n) is 2.23. The van der Waals surface area contributed by atoms with Crippen molar-refractivity contribution in [2.24, 2.45) is 5.73 Å². The highest BCUT2D eigenvalue weighted by molar-refractivity contribution is 6.01. The van der Waals surface area contributed by atoms with Crippen LogP contribution >= 0.6 is 0 Å². The molecule has 0 unspecified atom stereocenters. The number of amides is 1. The number of nitrogens with two attached hydrogens (primary N) is 1. The van der Waals surface area contributed by atoms with Crippen LogP contribution < -0.4 is 11.2 Å². The Labute approximate surface area is 102 Å². The summed E-state index contributed by atoms with van der Waals surface area (Å²) in [4.78, 5) is 23.9. The van der Waals surface area contributed by atoms with E-state index in [1.54, 1.807) is 48.5 Å². The molecule has 2 N–H and O–H groups in total. The number of benzene rings is 2. The van der Waals surface area contributed by atoms with E-state index in [0.717, 1.165) is 0 Å². The van der Waals surface area contributed by atoms with E-state index in [0.29, 0.717) is 21.8 Å². The SMILES string of the molecule is NC(=O)n1c2ccccc2c(=O)c2ccccc21. The molecule has 0 radical (unpaired) electrons. The maximum Gasteiger partial charge on any atom is 0.323 e. The van der Waals surface area contributed by atoms with Gasteiger partial charge in [0.2, 0.25) is 0 Å². The molecule has 2 aromatic carbocycles. The van der Waals surface area contributed by atoms with Crippen LogP contribution in [0.4, 0.5) is 4.79 Å². The number of rotatable bonds is 0. The largest absolute Gasteiger partial charge is 0.351 e. The van der Waals surface area contributed by atoms with Crippen molar-refractivity contribution in [1.29, 1.82) is 0 Å². The van der Waals surface area contributed by atoms with E-state index in [-0.39, 0.29) is 5.43 Å². The average molecular weight is 238 g/mol. The number of fused-ring (bicyclic) bond motifs is 2. The third-order valence-corrected chi connectivity index (χ3v) is 3.00. The van der Waals surface area contributed by atoms with Crippen LogP contribution in [0.5, 0.6) is 0 Å². The van der Waals surface area contributed by atoms with Crippen molar-refractivity contribution in [3.63, 3.8) is 0 Å². The predicted octanol–water partition coefficient (Wildman–Crippen LogP) is 2.08. The summed E-state index contributed by atoms with van der Waals surface area (Å²) in [7, 11) is 0. The first-order valence-electron chi connectivity index (χ1n) is 5.52. The Morgan fingerprint density at radius 3 is 1.78 bits per heavy atom. The zero-order valence-electron chi connectivity index (χ0n) is 9.46. The van der Waals surface area contributed by atoms with E-state index >= 15 is 0 Å². The molecule has 0 atom stereocenters. The van der Waals surface area contributed by atoms with Crippen molar-refractivity contribution in [2.45, 2.75) is 0 Å². The standard InChI is InChI=1S/C14H10N2O2/c15-14(18)16-11-7-3-1-5-9(11)13(17)10-6-2-4-8-12(10)16/h1-8H,(H2,15,18). The molecule has 1 aromatic heterocycles. The maximum atomic E-state index is 12.3. The lowest BCUT2D eigenvalue weighted by Gasteiger charge is -2.10. The third kappa shape index (κ3) is 1.32. The van der Waals surface area contributed by atoms with Crippen molar-refractivity contribution < 1.29 is 4.79 Å². The van der Waals surface area contributed by atoms with Crippen molar-refractivity contribution in [3.05, 3.63) is 58.8 Å². The van der Waals surface area contributed by atoms with Gasteiger partial charge in [-0.15, -0.1) is 0 Å². The van der Waals surface area contributed by atoms with E-state index in [1.807, 2.05) is 0 Å². The first-order chi connectivity index (χ1) is 8.70. The molecule has 0 saturated carbocycles. The highest BCUT2D eigenvalue weighted by atomic mass is 16.2. The Kier molecular flexibility index (Phi) is 2.16. The van der Waals surface area contributed by atoms with E-state index < -0.39 is 6.03 Å². The minimum Gasteiger partial charge on any atom is -0.351 e. The lowest BCUT2D eigenvalue weighted by atomic mass is 10.1. The summed E-state index contributed by atoms with van der Waals surface area (Å²) in [5, 5.41) is 0.991. The van der Waals surface area contributed by atoms with Gasteiger partial charge in [0.25, 0.3) is 0 Å². The molecule has 4 heteroatoms. The van der Waals surface area contributed by atoms with Crippen LogP contribution in [0.3, 0.4) is 0 Å². The van der Waals surface area contributed by atoms with Crippen LogP contribution in [0.25, 0.3) is 21.8 Å². The smallest absolute Gasteiger partial charge is 0.323 e. The normalized spacial score (nSPS) is 10.9. The van der Waals surface area contributed by atoms with E-state index in [2.05, 4.69) is 0 Å². The summed E-state index contributed by atoms with van der Waals surface area (Å²) < 4.78 is 1.37. The second-order valence-corrected chi connectivity index (χ2v) is 4.04. The van der Waals surface area contributed by atoms with Gasteiger partial charge in [-0.1, -0.05) is 24.3 Å². The Morgan fingerprint density at radius 1 is 0.889 bits per heavy atom. The Morgan fingerprint density at radius 2 is 1.33 bits per heavy atom. The fraction of sp³-hybridized carbons (Fsp3) is 0. The molecule has 88 valence electrons. The van der Waals surface area contributed by atoms with Crippen LogP contribution in [0.15, 0.2) is 53.3 Å². The number of carbonyl (C=O) groups is 1. The zero-order valence-corrected chi connectivity index (χ0v) is 9.46. The number of nitrogens with zero attached hydrogens (tertiary/aromatic N) is 1. The molecule has 0 fully saturated rings. The first-order valence-corrected chi connectivity index (χ1v) is 5.52. The van der Waals surface area contributed by atoms with Gasteiger partial charge in [0.15, 0.2) is 5.43 Å². The quantitative estimate of drug-likeness (QED) is 0.609. The zero-order chi connectivity index (χ0) is 12.7. The summed E-state index contributed by atoms with van der Waals surface area (Å²) in [6.07, 6.45) is 0. The Balaban J connectivity index is 2.72. The number of pyridine rings is 1. The van der Waals surface area contributed by atoms with Crippen LogP contribution in [0, 0.1) is 0 Å². The van der Waals surface area contributed by atoms with Gasteiger partial charge in [-0.25, -0.2) is 4.79 Å². The topological polar surface area (TPSA) is 65.1 Å². The van der Waals surface area contributed by atoms with Crippen LogP contribution in [-0.4, -0.2) is 10.6 Å². The number of hydrogen-bond acceptors (Lipinski definition) is 2. The highest BCUT2D eigenvalue weighted by Crippen LogP contribution is 2.18. The Bertz CT molecular complexity index is 774. The van der Waals surface area contributed by atoms with Gasteiger partial charge in [0.1, 0.15) is 0 Å². The Hall–Kier alpha value is -2.62. The highest BCUT2D eigenvalue weighted by Gasteiger charge is 2.12. The third-order valence-electron chi connectivity index (χ3n) is 3.00. The summed E-state index contributed by atoms with van der Waals surface area (Å²) in [6, 6.07) is 13.3. The molecular formula is C14H10N2O2. The van der Waals surface area contributed by atoms with Gasteiger partial charge in [-0.2, -0.15) is 0 Å². The van der Waals surface area contributed by atoms with Gasteiger partial charge < -0.3 is 5.73 Å². The van der Waals surface area contributed by atoms with Gasteiger partial charge in [0, 0.05) is 10.8 Å². The average Bonchev–Trinajstić information content (AvgIpc) is 2.39. The minimum absolute atomic E-state index is 0.0845. The lowest BCUT2D eigenvalue weighted by molar-refractivity contribution is 0.252. The predicted molar refractivity (Wildman–Crippen MR) is 70.7 cm³/mol. The fourth-order valence-corrected chi connectivity index (χ4v) is 2.23. The molecule has 1 amide bonds. The van der Waals surface area contributed by atoms with E-state index in [9.17, 15) is 9.59 Å². The van der Waals surface area contributed by atoms with Crippen molar-refractivity contribution in [2.75, 3.05) is 0 Å². The molecule has 3 rings (SSSR count). The van der Waals surface area contributed by atoms with Gasteiger partial charge in [0.05, 0.1) is 11.0 Å². The summed E-state index contributed by atoms with van der Waals surface area (Å²) in [6.45, 7) is 0. The number of para-hydroxylation sites is 2. The summed E-state index contributed by atoms with van der Waals surface area (Å²) in [5.41, 5.74) is 6.41. The van der Waals surface area contributed by atoms with Crippen LogP contribution in [-0.2, 0) is 0 Å². The van der Waals surface area contributed by atoms with Crippen molar-refractivity contribution in [1.82, 2.24) is 4.57 Å². The molecule has 4 nitrogen and oxygen atoms in total. The number of carbonyl (C=O) groups excluding carboxylic acids is 1. The first kappa shape index (κ1) is 10.5. The summed E-state index contributed by atoms with van der Waals surface area (Å²) in [5.74, 6) is 0. The molecule has 18 heavy (non-hydrogen) atoms. The molecule has 0 bridgehead atoms.